The highest BCUT2D eigenvalue weighted by Crippen LogP contribution is 2.31. The molecule has 2 aromatic carbocycles. The average molecular weight is 252 g/mol. The van der Waals surface area contributed by atoms with E-state index in [0.29, 0.717) is 0 Å². The molecule has 0 unspecified atom stereocenters. The topological polar surface area (TPSA) is 58.9 Å². The molecule has 1 heterocycles. The summed E-state index contributed by atoms with van der Waals surface area (Å²) in [5.41, 5.74) is 4.16. The van der Waals surface area contributed by atoms with E-state index < -0.39 is 0 Å². The van der Waals surface area contributed by atoms with Gasteiger partial charge in [0.05, 0.1) is 4.92 Å². The summed E-state index contributed by atoms with van der Waals surface area (Å²) in [7, 11) is 0. The number of nitro benzene ring substituents is 1. The van der Waals surface area contributed by atoms with Gasteiger partial charge in [-0.2, -0.15) is 0 Å². The van der Waals surface area contributed by atoms with Gasteiger partial charge in [-0.15, -0.1) is 0 Å². The Morgan fingerprint density at radius 1 is 1.11 bits per heavy atom. The van der Waals surface area contributed by atoms with Crippen LogP contribution in [-0.4, -0.2) is 9.91 Å². The molecular weight excluding hydrogens is 240 g/mol. The van der Waals surface area contributed by atoms with Crippen LogP contribution in [0.2, 0.25) is 0 Å². The third-order valence-corrected chi connectivity index (χ3v) is 3.32. The van der Waals surface area contributed by atoms with Crippen molar-refractivity contribution in [1.82, 2.24) is 4.98 Å². The molecule has 3 aromatic rings. The molecule has 0 radical (unpaired) electrons. The molecule has 0 aliphatic heterocycles. The Kier molecular flexibility index (Phi) is 2.56. The Hall–Kier alpha value is -2.62. The normalized spacial score (nSPS) is 10.8. The molecule has 0 aliphatic carbocycles. The summed E-state index contributed by atoms with van der Waals surface area (Å²) in [6.07, 6.45) is 0. The van der Waals surface area contributed by atoms with Gasteiger partial charge in [0.1, 0.15) is 0 Å². The summed E-state index contributed by atoms with van der Waals surface area (Å²) in [4.78, 5) is 13.8. The van der Waals surface area contributed by atoms with Crippen LogP contribution in [0.25, 0.3) is 22.2 Å². The van der Waals surface area contributed by atoms with Crippen LogP contribution in [0.15, 0.2) is 48.5 Å². The minimum Gasteiger partial charge on any atom is -0.354 e. The number of nitro groups is 1. The Morgan fingerprint density at radius 2 is 1.84 bits per heavy atom. The lowest BCUT2D eigenvalue weighted by atomic mass is 10.1. The van der Waals surface area contributed by atoms with Crippen LogP contribution in [0.1, 0.15) is 5.56 Å². The number of fused-ring (bicyclic) bond motifs is 1. The van der Waals surface area contributed by atoms with Crippen molar-refractivity contribution in [2.24, 2.45) is 0 Å². The van der Waals surface area contributed by atoms with Crippen LogP contribution in [-0.2, 0) is 0 Å². The molecule has 94 valence electrons. The lowest BCUT2D eigenvalue weighted by Crippen LogP contribution is -1.86. The highest BCUT2D eigenvalue weighted by atomic mass is 16.6. The summed E-state index contributed by atoms with van der Waals surface area (Å²) < 4.78 is 0. The van der Waals surface area contributed by atoms with Crippen molar-refractivity contribution in [3.63, 3.8) is 0 Å². The van der Waals surface area contributed by atoms with Gasteiger partial charge in [-0.1, -0.05) is 30.3 Å². The lowest BCUT2D eigenvalue weighted by molar-refractivity contribution is -0.384. The number of hydrogen-bond donors (Lipinski definition) is 1. The number of aromatic amines is 1. The number of rotatable bonds is 2. The van der Waals surface area contributed by atoms with E-state index in [-0.39, 0.29) is 10.6 Å². The van der Waals surface area contributed by atoms with Crippen molar-refractivity contribution in [2.75, 3.05) is 0 Å². The predicted octanol–water partition coefficient (Wildman–Crippen LogP) is 4.05. The van der Waals surface area contributed by atoms with Crippen molar-refractivity contribution in [3.8, 4) is 11.3 Å². The van der Waals surface area contributed by atoms with E-state index in [1.165, 1.54) is 6.07 Å². The molecule has 1 aromatic heterocycles. The Morgan fingerprint density at radius 3 is 2.53 bits per heavy atom. The molecule has 4 nitrogen and oxygen atoms in total. The summed E-state index contributed by atoms with van der Waals surface area (Å²) in [6.45, 7) is 1.98. The van der Waals surface area contributed by atoms with Gasteiger partial charge in [-0.25, -0.2) is 0 Å². The van der Waals surface area contributed by atoms with Crippen molar-refractivity contribution >= 4 is 16.6 Å². The van der Waals surface area contributed by atoms with E-state index in [4.69, 9.17) is 0 Å². The molecule has 0 spiro atoms. The smallest absolute Gasteiger partial charge is 0.270 e. The van der Waals surface area contributed by atoms with E-state index >= 15 is 0 Å². The third-order valence-electron chi connectivity index (χ3n) is 3.32. The van der Waals surface area contributed by atoms with Gasteiger partial charge >= 0.3 is 0 Å². The molecule has 0 saturated heterocycles. The minimum atomic E-state index is -0.367. The zero-order valence-corrected chi connectivity index (χ0v) is 10.4. The first-order valence-corrected chi connectivity index (χ1v) is 5.99. The molecule has 0 aliphatic rings. The van der Waals surface area contributed by atoms with Crippen LogP contribution in [0.4, 0.5) is 5.69 Å². The van der Waals surface area contributed by atoms with Gasteiger partial charge in [0.25, 0.3) is 5.69 Å². The first-order valence-electron chi connectivity index (χ1n) is 5.99. The van der Waals surface area contributed by atoms with Gasteiger partial charge in [0.2, 0.25) is 0 Å². The number of hydrogen-bond acceptors (Lipinski definition) is 2. The molecular formula is C15H12N2O2. The molecule has 3 rings (SSSR count). The summed E-state index contributed by atoms with van der Waals surface area (Å²) in [6, 6.07) is 14.9. The van der Waals surface area contributed by atoms with Gasteiger partial charge in [0.15, 0.2) is 0 Å². The van der Waals surface area contributed by atoms with Crippen LogP contribution in [0.5, 0.6) is 0 Å². The van der Waals surface area contributed by atoms with E-state index in [1.807, 2.05) is 37.3 Å². The second-order valence-electron chi connectivity index (χ2n) is 4.48. The van der Waals surface area contributed by atoms with E-state index in [0.717, 1.165) is 27.7 Å². The fourth-order valence-corrected chi connectivity index (χ4v) is 2.32. The monoisotopic (exact) mass is 252 g/mol. The Bertz CT molecular complexity index is 760. The maximum Gasteiger partial charge on any atom is 0.270 e. The molecule has 0 fully saturated rings. The number of nitrogens with zero attached hydrogens (tertiary/aromatic N) is 1. The molecule has 0 amide bonds. The fourth-order valence-electron chi connectivity index (χ4n) is 2.32. The number of aromatic nitrogens is 1. The van der Waals surface area contributed by atoms with E-state index in [2.05, 4.69) is 4.98 Å². The molecule has 0 saturated carbocycles. The SMILES string of the molecule is Cc1c(-c2ccccc2)[nH]c2ccc([N+](=O)[O-])cc12. The first-order chi connectivity index (χ1) is 9.16. The minimum absolute atomic E-state index is 0.120. The lowest BCUT2D eigenvalue weighted by Gasteiger charge is -1.99. The van der Waals surface area contributed by atoms with Gasteiger partial charge < -0.3 is 4.98 Å². The second kappa shape index (κ2) is 4.24. The third kappa shape index (κ3) is 1.87. The van der Waals surface area contributed by atoms with E-state index in [1.54, 1.807) is 12.1 Å². The molecule has 4 heteroatoms. The number of nitrogens with one attached hydrogen (secondary N) is 1. The highest BCUT2D eigenvalue weighted by Gasteiger charge is 2.13. The summed E-state index contributed by atoms with van der Waals surface area (Å²) in [5, 5.41) is 11.7. The van der Waals surface area contributed by atoms with Gasteiger partial charge in [-0.3, -0.25) is 10.1 Å². The molecule has 19 heavy (non-hydrogen) atoms. The quantitative estimate of drug-likeness (QED) is 0.552. The van der Waals surface area contributed by atoms with Crippen molar-refractivity contribution in [2.45, 2.75) is 6.92 Å². The number of benzene rings is 2. The Labute approximate surface area is 109 Å². The van der Waals surface area contributed by atoms with Crippen LogP contribution in [0, 0.1) is 17.0 Å². The van der Waals surface area contributed by atoms with Crippen molar-refractivity contribution in [1.29, 1.82) is 0 Å². The maximum absolute atomic E-state index is 10.8. The zero-order valence-electron chi connectivity index (χ0n) is 10.4. The second-order valence-corrected chi connectivity index (χ2v) is 4.48. The number of aryl methyl sites for hydroxylation is 1. The molecule has 1 N–H and O–H groups in total. The van der Waals surface area contributed by atoms with Crippen molar-refractivity contribution < 1.29 is 4.92 Å². The maximum atomic E-state index is 10.8. The molecule has 0 bridgehead atoms. The number of H-pyrrole nitrogens is 1. The standard InChI is InChI=1S/C15H12N2O2/c1-10-13-9-12(17(18)19)7-8-14(13)16-15(10)11-5-3-2-4-6-11/h2-9,16H,1H3. The largest absolute Gasteiger partial charge is 0.354 e. The first kappa shape index (κ1) is 11.5. The fraction of sp³-hybridized carbons (Fsp3) is 0.0667. The average Bonchev–Trinajstić information content (AvgIpc) is 2.77. The van der Waals surface area contributed by atoms with Crippen LogP contribution >= 0.6 is 0 Å². The Balaban J connectivity index is 2.24. The van der Waals surface area contributed by atoms with Gasteiger partial charge in [-0.05, 0) is 24.1 Å². The summed E-state index contributed by atoms with van der Waals surface area (Å²) in [5.74, 6) is 0. The highest BCUT2D eigenvalue weighted by molar-refractivity contribution is 5.91. The molecule has 0 atom stereocenters. The zero-order chi connectivity index (χ0) is 13.4. The van der Waals surface area contributed by atoms with Crippen LogP contribution in [0.3, 0.4) is 0 Å². The van der Waals surface area contributed by atoms with Crippen LogP contribution < -0.4 is 0 Å². The van der Waals surface area contributed by atoms with Crippen molar-refractivity contribution in [3.05, 3.63) is 64.2 Å². The summed E-state index contributed by atoms with van der Waals surface area (Å²) >= 11 is 0. The predicted molar refractivity (Wildman–Crippen MR) is 75.1 cm³/mol. The van der Waals surface area contributed by atoms with Gasteiger partial charge in [0, 0.05) is 28.7 Å². The number of non-ortho nitro benzene ring substituents is 1. The van der Waals surface area contributed by atoms with E-state index in [9.17, 15) is 10.1 Å².